The zero-order chi connectivity index (χ0) is 22.7. The molecule has 0 fully saturated rings. The van der Waals surface area contributed by atoms with Gasteiger partial charge >= 0.3 is 0 Å². The summed E-state index contributed by atoms with van der Waals surface area (Å²) in [6, 6.07) is 27.4. The molecule has 0 amide bonds. The Hall–Kier alpha value is -4.17. The number of benzene rings is 4. The predicted molar refractivity (Wildman–Crippen MR) is 141 cm³/mol. The van der Waals surface area contributed by atoms with E-state index in [4.69, 9.17) is 4.98 Å². The molecule has 164 valence electrons. The van der Waals surface area contributed by atoms with Crippen LogP contribution in [-0.2, 0) is 25.7 Å². The highest BCUT2D eigenvalue weighted by Crippen LogP contribution is 2.56. The Morgan fingerprint density at radius 3 is 2.06 bits per heavy atom. The van der Waals surface area contributed by atoms with E-state index in [9.17, 15) is 0 Å². The largest absolute Gasteiger partial charge is 0.309 e. The van der Waals surface area contributed by atoms with Crippen LogP contribution in [0.25, 0.3) is 22.3 Å². The lowest BCUT2D eigenvalue weighted by Gasteiger charge is -2.41. The maximum absolute atomic E-state index is 4.70. The Bertz CT molecular complexity index is 1760. The number of rotatable bonds is 0. The fraction of sp³-hybridized carbons (Fsp3) is 0.121. The summed E-state index contributed by atoms with van der Waals surface area (Å²) in [7, 11) is 0. The second-order valence-corrected chi connectivity index (χ2v) is 10.4. The number of hydrogen-bond donors (Lipinski definition) is 0. The van der Waals surface area contributed by atoms with Crippen molar-refractivity contribution in [3.05, 3.63) is 130 Å². The van der Waals surface area contributed by atoms with Crippen molar-refractivity contribution >= 4 is 17.1 Å². The van der Waals surface area contributed by atoms with Crippen LogP contribution in [-0.4, -0.2) is 4.98 Å². The molecule has 0 atom stereocenters. The van der Waals surface area contributed by atoms with Crippen molar-refractivity contribution in [2.45, 2.75) is 25.7 Å². The number of nitrogens with zero attached hydrogens (tertiary/aromatic N) is 2. The third-order valence-corrected chi connectivity index (χ3v) is 8.59. The Kier molecular flexibility index (Phi) is 3.27. The molecule has 2 aliphatic carbocycles. The lowest BCUT2D eigenvalue weighted by molar-refractivity contribution is 0.977. The van der Waals surface area contributed by atoms with Crippen molar-refractivity contribution in [1.82, 2.24) is 4.98 Å². The second-order valence-electron chi connectivity index (χ2n) is 10.4. The molecule has 5 aromatic rings. The molecule has 0 unspecified atom stereocenters. The summed E-state index contributed by atoms with van der Waals surface area (Å²) >= 11 is 0. The quantitative estimate of drug-likeness (QED) is 0.240. The van der Waals surface area contributed by atoms with Crippen molar-refractivity contribution in [3.63, 3.8) is 0 Å². The maximum Gasteiger partial charge on any atom is 0.0563 e. The third-order valence-electron chi connectivity index (χ3n) is 8.59. The SMILES string of the molecule is c1ccc2c(c1)Cc1c-2ccc2c1N1c3ccc4c(c3Cc3cncc(c31)C2)-c1ccccc1C4. The molecule has 4 aliphatic rings. The number of pyridine rings is 1. The van der Waals surface area contributed by atoms with Gasteiger partial charge in [0.25, 0.3) is 0 Å². The highest BCUT2D eigenvalue weighted by atomic mass is 15.2. The van der Waals surface area contributed by atoms with Crippen LogP contribution in [0.5, 0.6) is 0 Å². The van der Waals surface area contributed by atoms with Crippen molar-refractivity contribution in [2.24, 2.45) is 0 Å². The van der Waals surface area contributed by atoms with E-state index in [0.717, 1.165) is 25.7 Å². The van der Waals surface area contributed by atoms with Gasteiger partial charge in [-0.25, -0.2) is 0 Å². The molecule has 2 aliphatic heterocycles. The topological polar surface area (TPSA) is 16.1 Å². The first-order chi connectivity index (χ1) is 17.3. The summed E-state index contributed by atoms with van der Waals surface area (Å²) < 4.78 is 0. The Morgan fingerprint density at radius 2 is 1.17 bits per heavy atom. The molecule has 35 heavy (non-hydrogen) atoms. The van der Waals surface area contributed by atoms with Gasteiger partial charge in [-0.1, -0.05) is 66.7 Å². The predicted octanol–water partition coefficient (Wildman–Crippen LogP) is 7.50. The highest BCUT2D eigenvalue weighted by molar-refractivity contribution is 5.97. The minimum atomic E-state index is 0.949. The molecule has 2 nitrogen and oxygen atoms in total. The number of hydrogen-bond acceptors (Lipinski definition) is 2. The highest BCUT2D eigenvalue weighted by Gasteiger charge is 2.37. The number of anilines is 3. The minimum absolute atomic E-state index is 0.949. The lowest BCUT2D eigenvalue weighted by atomic mass is 9.83. The zero-order valence-electron chi connectivity index (χ0n) is 19.3. The molecular formula is C33H22N2. The Labute approximate surface area is 204 Å². The molecule has 1 aromatic heterocycles. The molecule has 0 saturated heterocycles. The minimum Gasteiger partial charge on any atom is -0.309 e. The normalized spacial score (nSPS) is 14.9. The first-order valence-electron chi connectivity index (χ1n) is 12.6. The van der Waals surface area contributed by atoms with Crippen LogP contribution in [0.3, 0.4) is 0 Å². The van der Waals surface area contributed by atoms with Crippen LogP contribution in [0.4, 0.5) is 17.1 Å². The van der Waals surface area contributed by atoms with Crippen LogP contribution in [0.15, 0.2) is 85.2 Å². The zero-order valence-corrected chi connectivity index (χ0v) is 19.3. The molecule has 2 heteroatoms. The van der Waals surface area contributed by atoms with Gasteiger partial charge in [-0.2, -0.15) is 0 Å². The van der Waals surface area contributed by atoms with E-state index in [-0.39, 0.29) is 0 Å². The number of fused-ring (bicyclic) bond motifs is 12. The molecular weight excluding hydrogens is 424 g/mol. The summed E-state index contributed by atoms with van der Waals surface area (Å²) in [6.07, 6.45) is 8.14. The Morgan fingerprint density at radius 1 is 0.486 bits per heavy atom. The van der Waals surface area contributed by atoms with Crippen molar-refractivity contribution in [1.29, 1.82) is 0 Å². The summed E-state index contributed by atoms with van der Waals surface area (Å²) in [5, 5.41) is 0. The van der Waals surface area contributed by atoms with Gasteiger partial charge in [-0.15, -0.1) is 0 Å². The third kappa shape index (κ3) is 2.23. The molecule has 0 bridgehead atoms. The van der Waals surface area contributed by atoms with Gasteiger partial charge in [-0.05, 0) is 79.2 Å². The van der Waals surface area contributed by atoms with Crippen LogP contribution < -0.4 is 4.90 Å². The van der Waals surface area contributed by atoms with Gasteiger partial charge in [0.1, 0.15) is 0 Å². The van der Waals surface area contributed by atoms with Crippen molar-refractivity contribution < 1.29 is 0 Å². The maximum atomic E-state index is 4.70. The standard InChI is InChI=1S/C33H22N2/c1-3-7-25-20(6-1)15-28-27(25)11-9-22-14-23-17-34-18-24-16-29-30(35(32(23)24)33(22)28)12-10-21-13-19-5-2-4-8-26(19)31(21)29/h1-12,17-18H,13-16H2. The van der Waals surface area contributed by atoms with Crippen LogP contribution >= 0.6 is 0 Å². The summed E-state index contributed by atoms with van der Waals surface area (Å²) in [5.41, 5.74) is 21.2. The smallest absolute Gasteiger partial charge is 0.0563 e. The average molecular weight is 447 g/mol. The number of aromatic nitrogens is 1. The molecule has 4 aromatic carbocycles. The summed E-state index contributed by atoms with van der Waals surface area (Å²) in [6.45, 7) is 0. The van der Waals surface area contributed by atoms with Crippen molar-refractivity contribution in [3.8, 4) is 22.3 Å². The van der Waals surface area contributed by atoms with E-state index >= 15 is 0 Å². The van der Waals surface area contributed by atoms with Gasteiger partial charge in [0.15, 0.2) is 0 Å². The van der Waals surface area contributed by atoms with E-state index in [1.807, 2.05) is 0 Å². The summed E-state index contributed by atoms with van der Waals surface area (Å²) in [4.78, 5) is 7.31. The summed E-state index contributed by atoms with van der Waals surface area (Å²) in [5.74, 6) is 0. The Balaban J connectivity index is 1.36. The van der Waals surface area contributed by atoms with Crippen LogP contribution in [0, 0.1) is 0 Å². The molecule has 9 rings (SSSR count). The van der Waals surface area contributed by atoms with E-state index in [2.05, 4.69) is 90.1 Å². The first kappa shape index (κ1) is 18.2. The van der Waals surface area contributed by atoms with E-state index in [0.29, 0.717) is 0 Å². The van der Waals surface area contributed by atoms with E-state index < -0.39 is 0 Å². The van der Waals surface area contributed by atoms with Gasteiger partial charge in [0, 0.05) is 31.7 Å². The van der Waals surface area contributed by atoms with E-state index in [1.165, 1.54) is 83.8 Å². The van der Waals surface area contributed by atoms with Crippen molar-refractivity contribution in [2.75, 3.05) is 4.90 Å². The second kappa shape index (κ2) is 6.28. The van der Waals surface area contributed by atoms with Gasteiger partial charge in [0.05, 0.1) is 17.1 Å². The fourth-order valence-electron chi connectivity index (χ4n) is 7.19. The van der Waals surface area contributed by atoms with Gasteiger partial charge < -0.3 is 4.90 Å². The lowest BCUT2D eigenvalue weighted by Crippen LogP contribution is -2.26. The molecule has 0 saturated carbocycles. The molecule has 3 heterocycles. The van der Waals surface area contributed by atoms with Crippen LogP contribution in [0.1, 0.15) is 44.5 Å². The molecule has 0 N–H and O–H groups in total. The van der Waals surface area contributed by atoms with Crippen LogP contribution in [0.2, 0.25) is 0 Å². The first-order valence-corrected chi connectivity index (χ1v) is 12.6. The van der Waals surface area contributed by atoms with E-state index in [1.54, 1.807) is 0 Å². The van der Waals surface area contributed by atoms with Gasteiger partial charge in [0.2, 0.25) is 0 Å². The fourth-order valence-corrected chi connectivity index (χ4v) is 7.19. The molecule has 0 radical (unpaired) electrons. The molecule has 0 spiro atoms. The average Bonchev–Trinajstić information content (AvgIpc) is 3.47. The van der Waals surface area contributed by atoms with Gasteiger partial charge in [-0.3, -0.25) is 4.98 Å². The monoisotopic (exact) mass is 446 g/mol.